The predicted octanol–water partition coefficient (Wildman–Crippen LogP) is 1.64. The Bertz CT molecular complexity index is 257. The van der Waals surface area contributed by atoms with E-state index in [0.29, 0.717) is 13.0 Å². The molecule has 4 nitrogen and oxygen atoms in total. The summed E-state index contributed by atoms with van der Waals surface area (Å²) in [6.45, 7) is 6.19. The molecule has 14 heavy (non-hydrogen) atoms. The van der Waals surface area contributed by atoms with Gasteiger partial charge in [0.05, 0.1) is 6.54 Å². The zero-order valence-corrected chi connectivity index (χ0v) is 8.99. The SMILES string of the molecule is CC(C)(C)[N+]1(C(=O)O)CCC[C@@H]1C=O. The molecule has 1 fully saturated rings. The number of likely N-dealkylation sites (tertiary alicyclic amines) is 1. The number of hydrogen-bond acceptors (Lipinski definition) is 2. The molecule has 0 aliphatic carbocycles. The van der Waals surface area contributed by atoms with E-state index in [1.807, 2.05) is 20.8 Å². The summed E-state index contributed by atoms with van der Waals surface area (Å²) in [5, 5.41) is 9.31. The number of rotatable bonds is 1. The van der Waals surface area contributed by atoms with Gasteiger partial charge in [0.1, 0.15) is 5.54 Å². The van der Waals surface area contributed by atoms with Crippen LogP contribution in [0, 0.1) is 0 Å². The van der Waals surface area contributed by atoms with Crippen LogP contribution in [-0.2, 0) is 4.79 Å². The molecule has 0 bridgehead atoms. The summed E-state index contributed by atoms with van der Waals surface area (Å²) in [6.07, 6.45) is 1.42. The molecule has 0 aromatic rings. The summed E-state index contributed by atoms with van der Waals surface area (Å²) in [4.78, 5) is 22.2. The number of hydrogen-bond donors (Lipinski definition) is 1. The van der Waals surface area contributed by atoms with Crippen LogP contribution < -0.4 is 0 Å². The van der Waals surface area contributed by atoms with Crippen molar-refractivity contribution in [3.05, 3.63) is 0 Å². The average Bonchev–Trinajstić information content (AvgIpc) is 2.46. The smallest absolute Gasteiger partial charge is 0.435 e. The minimum absolute atomic E-state index is 0.115. The van der Waals surface area contributed by atoms with Crippen molar-refractivity contribution in [2.24, 2.45) is 0 Å². The fourth-order valence-electron chi connectivity index (χ4n) is 2.47. The molecule has 80 valence electrons. The Morgan fingerprint density at radius 2 is 2.07 bits per heavy atom. The van der Waals surface area contributed by atoms with E-state index in [1.165, 1.54) is 0 Å². The van der Waals surface area contributed by atoms with Crippen LogP contribution in [0.5, 0.6) is 0 Å². The molecule has 0 saturated carbocycles. The molecule has 1 heterocycles. The quantitative estimate of drug-likeness (QED) is 0.517. The third kappa shape index (κ3) is 1.34. The molecule has 1 aliphatic heterocycles. The molecule has 0 spiro atoms. The highest BCUT2D eigenvalue weighted by Gasteiger charge is 2.56. The normalized spacial score (nSPS) is 32.9. The Labute approximate surface area is 84.1 Å². The molecule has 1 rings (SSSR count). The average molecular weight is 200 g/mol. The first-order valence-corrected chi connectivity index (χ1v) is 4.93. The molecule has 2 atom stereocenters. The van der Waals surface area contributed by atoms with E-state index in [-0.39, 0.29) is 10.5 Å². The van der Waals surface area contributed by atoms with Gasteiger partial charge in [-0.05, 0) is 20.8 Å². The summed E-state index contributed by atoms with van der Waals surface area (Å²) in [5.41, 5.74) is -0.423. The van der Waals surface area contributed by atoms with Crippen LogP contribution in [0.3, 0.4) is 0 Å². The maximum Gasteiger partial charge on any atom is 0.514 e. The number of carbonyl (C=O) groups is 2. The van der Waals surface area contributed by atoms with E-state index in [0.717, 1.165) is 12.7 Å². The van der Waals surface area contributed by atoms with E-state index >= 15 is 0 Å². The second-order valence-corrected chi connectivity index (χ2v) is 4.89. The largest absolute Gasteiger partial charge is 0.514 e. The Balaban J connectivity index is 3.16. The minimum atomic E-state index is -0.882. The lowest BCUT2D eigenvalue weighted by Crippen LogP contribution is -2.66. The van der Waals surface area contributed by atoms with Gasteiger partial charge in [0, 0.05) is 12.8 Å². The second kappa shape index (κ2) is 3.35. The molecule has 0 aromatic carbocycles. The molecule has 4 heteroatoms. The molecule has 0 radical (unpaired) electrons. The molecular formula is C10H18NO3+. The number of nitrogens with zero attached hydrogens (tertiary/aromatic N) is 1. The van der Waals surface area contributed by atoms with Crippen molar-refractivity contribution in [3.63, 3.8) is 0 Å². The first kappa shape index (κ1) is 11.2. The van der Waals surface area contributed by atoms with E-state index in [2.05, 4.69) is 0 Å². The maximum atomic E-state index is 11.4. The van der Waals surface area contributed by atoms with Crippen LogP contribution in [0.4, 0.5) is 4.79 Å². The van der Waals surface area contributed by atoms with Crippen LogP contribution in [-0.4, -0.2) is 40.1 Å². The van der Waals surface area contributed by atoms with E-state index in [4.69, 9.17) is 0 Å². The van der Waals surface area contributed by atoms with E-state index in [9.17, 15) is 14.7 Å². The van der Waals surface area contributed by atoms with Gasteiger partial charge in [0.2, 0.25) is 0 Å². The molecule has 1 aliphatic rings. The zero-order chi connectivity index (χ0) is 11.0. The lowest BCUT2D eigenvalue weighted by Gasteiger charge is -2.42. The Kier molecular flexibility index (Phi) is 2.67. The van der Waals surface area contributed by atoms with Crippen molar-refractivity contribution < 1.29 is 19.2 Å². The number of carboxylic acid groups (broad SMARTS) is 1. The van der Waals surface area contributed by atoms with Gasteiger partial charge in [0.15, 0.2) is 12.3 Å². The topological polar surface area (TPSA) is 54.4 Å². The molecule has 0 aromatic heterocycles. The molecule has 1 amide bonds. The fourth-order valence-corrected chi connectivity index (χ4v) is 2.47. The lowest BCUT2D eigenvalue weighted by molar-refractivity contribution is -0.905. The van der Waals surface area contributed by atoms with Crippen molar-refractivity contribution in [2.75, 3.05) is 6.54 Å². The Morgan fingerprint density at radius 3 is 2.36 bits per heavy atom. The van der Waals surface area contributed by atoms with Crippen molar-refractivity contribution in [1.82, 2.24) is 0 Å². The fraction of sp³-hybridized carbons (Fsp3) is 0.800. The first-order valence-electron chi connectivity index (χ1n) is 4.93. The van der Waals surface area contributed by atoms with E-state index < -0.39 is 11.6 Å². The number of amides is 1. The third-order valence-electron chi connectivity index (χ3n) is 3.27. The lowest BCUT2D eigenvalue weighted by atomic mass is 10.0. The van der Waals surface area contributed by atoms with Gasteiger partial charge in [-0.15, -0.1) is 0 Å². The van der Waals surface area contributed by atoms with Crippen LogP contribution >= 0.6 is 0 Å². The number of carbonyl (C=O) groups excluding carboxylic acids is 1. The van der Waals surface area contributed by atoms with Crippen molar-refractivity contribution in [3.8, 4) is 0 Å². The van der Waals surface area contributed by atoms with Crippen molar-refractivity contribution >= 4 is 12.4 Å². The highest BCUT2D eigenvalue weighted by Crippen LogP contribution is 2.35. The second-order valence-electron chi connectivity index (χ2n) is 4.89. The van der Waals surface area contributed by atoms with Crippen LogP contribution in [0.25, 0.3) is 0 Å². The standard InChI is InChI=1S/C10H17NO3/c1-10(2,3)11(9(13)14)6-4-5-8(11)7-12/h7-8H,4-6H2,1-3H3/p+1/t8-,11?/m1/s1. The highest BCUT2D eigenvalue weighted by molar-refractivity contribution is 5.65. The number of quaternary nitrogens is 1. The number of aldehydes is 1. The maximum absolute atomic E-state index is 11.4. The van der Waals surface area contributed by atoms with Gasteiger partial charge in [-0.25, -0.2) is 4.48 Å². The third-order valence-corrected chi connectivity index (χ3v) is 3.27. The first-order chi connectivity index (χ1) is 6.36. The van der Waals surface area contributed by atoms with Gasteiger partial charge < -0.3 is 5.11 Å². The van der Waals surface area contributed by atoms with Gasteiger partial charge in [0.25, 0.3) is 0 Å². The Hall–Kier alpha value is -0.900. The van der Waals surface area contributed by atoms with Crippen LogP contribution in [0.1, 0.15) is 33.6 Å². The van der Waals surface area contributed by atoms with Gasteiger partial charge >= 0.3 is 6.09 Å². The van der Waals surface area contributed by atoms with Crippen LogP contribution in [0.2, 0.25) is 0 Å². The molecular weight excluding hydrogens is 182 g/mol. The molecule has 1 saturated heterocycles. The summed E-state index contributed by atoms with van der Waals surface area (Å²) in [7, 11) is 0. The predicted molar refractivity (Wildman–Crippen MR) is 52.0 cm³/mol. The van der Waals surface area contributed by atoms with Crippen LogP contribution in [0.15, 0.2) is 0 Å². The Morgan fingerprint density at radius 1 is 1.50 bits per heavy atom. The minimum Gasteiger partial charge on any atom is -0.435 e. The van der Waals surface area contributed by atoms with Crippen molar-refractivity contribution in [2.45, 2.75) is 45.2 Å². The summed E-state index contributed by atoms with van der Waals surface area (Å²) >= 11 is 0. The monoisotopic (exact) mass is 200 g/mol. The van der Waals surface area contributed by atoms with Crippen molar-refractivity contribution in [1.29, 1.82) is 0 Å². The summed E-state index contributed by atoms with van der Waals surface area (Å²) < 4.78 is -0.115. The van der Waals surface area contributed by atoms with Gasteiger partial charge in [-0.2, -0.15) is 4.79 Å². The zero-order valence-electron chi connectivity index (χ0n) is 8.99. The highest BCUT2D eigenvalue weighted by atomic mass is 16.4. The summed E-state index contributed by atoms with van der Waals surface area (Å²) in [5.74, 6) is 0. The molecule has 1 unspecified atom stereocenters. The van der Waals surface area contributed by atoms with Gasteiger partial charge in [-0.3, -0.25) is 4.79 Å². The summed E-state index contributed by atoms with van der Waals surface area (Å²) in [6, 6.07) is -0.382. The van der Waals surface area contributed by atoms with Gasteiger partial charge in [-0.1, -0.05) is 0 Å². The van der Waals surface area contributed by atoms with E-state index in [1.54, 1.807) is 0 Å². The molecule has 1 N–H and O–H groups in total.